The molecule has 0 saturated carbocycles. The number of rotatable bonds is 5. The molecule has 6 nitrogen and oxygen atoms in total. The highest BCUT2D eigenvalue weighted by atomic mass is 32.2. The zero-order valence-corrected chi connectivity index (χ0v) is 9.56. The number of hydrogen-bond donors (Lipinski definition) is 2. The normalized spacial score (nSPS) is 12.4. The van der Waals surface area contributed by atoms with Gasteiger partial charge in [-0.1, -0.05) is 0 Å². The molecule has 0 fully saturated rings. The number of H-pyrrole nitrogens is 1. The molecule has 2 N–H and O–H groups in total. The number of aryl methyl sites for hydroxylation is 1. The summed E-state index contributed by atoms with van der Waals surface area (Å²) in [5.41, 5.74) is 0. The second kappa shape index (κ2) is 5.59. The van der Waals surface area contributed by atoms with Crippen LogP contribution in [0.1, 0.15) is 22.9 Å². The predicted molar refractivity (Wildman–Crippen MR) is 57.0 cm³/mol. The van der Waals surface area contributed by atoms with Crippen LogP contribution >= 0.6 is 0 Å². The largest absolute Gasteiger partial charge is 0.349 e. The maximum atomic E-state index is 11.4. The fourth-order valence-electron chi connectivity index (χ4n) is 1.00. The third-order valence-corrected chi connectivity index (χ3v) is 2.56. The summed E-state index contributed by atoms with van der Waals surface area (Å²) in [4.78, 5) is 15.3. The summed E-state index contributed by atoms with van der Waals surface area (Å²) in [7, 11) is -0.809. The van der Waals surface area contributed by atoms with E-state index in [1.165, 1.54) is 0 Å². The number of carbonyl (C=O) groups excluding carboxylic acids is 1. The Balaban J connectivity index is 2.28. The molecule has 1 heterocycles. The van der Waals surface area contributed by atoms with E-state index < -0.39 is 10.8 Å². The molecule has 1 aromatic heterocycles. The molecular weight excluding hydrogens is 216 g/mol. The highest BCUT2D eigenvalue weighted by molar-refractivity contribution is 7.84. The Morgan fingerprint density at radius 2 is 2.33 bits per heavy atom. The second-order valence-corrected chi connectivity index (χ2v) is 4.69. The molecule has 0 spiro atoms. The average Bonchev–Trinajstić information content (AvgIpc) is 2.59. The molecule has 0 aromatic carbocycles. The molecule has 1 atom stereocenters. The quantitative estimate of drug-likeness (QED) is 0.674. The van der Waals surface area contributed by atoms with Crippen molar-refractivity contribution in [2.75, 3.05) is 18.6 Å². The first-order valence-electron chi connectivity index (χ1n) is 4.57. The van der Waals surface area contributed by atoms with Crippen LogP contribution in [-0.2, 0) is 10.8 Å². The fraction of sp³-hybridized carbons (Fsp3) is 0.625. The van der Waals surface area contributed by atoms with Crippen molar-refractivity contribution in [2.45, 2.75) is 13.3 Å². The lowest BCUT2D eigenvalue weighted by Crippen LogP contribution is -2.26. The average molecular weight is 230 g/mol. The molecule has 0 bridgehead atoms. The Hall–Kier alpha value is -1.24. The van der Waals surface area contributed by atoms with Crippen LogP contribution in [0.5, 0.6) is 0 Å². The van der Waals surface area contributed by atoms with Crippen LogP contribution in [0.15, 0.2) is 0 Å². The van der Waals surface area contributed by atoms with Gasteiger partial charge in [0, 0.05) is 29.4 Å². The zero-order valence-electron chi connectivity index (χ0n) is 8.74. The Bertz CT molecular complexity index is 363. The van der Waals surface area contributed by atoms with Crippen LogP contribution in [0.25, 0.3) is 0 Å². The van der Waals surface area contributed by atoms with Crippen molar-refractivity contribution in [2.24, 2.45) is 0 Å². The minimum Gasteiger partial charge on any atom is -0.349 e. The van der Waals surface area contributed by atoms with E-state index >= 15 is 0 Å². The van der Waals surface area contributed by atoms with Gasteiger partial charge < -0.3 is 5.32 Å². The van der Waals surface area contributed by atoms with E-state index in [4.69, 9.17) is 0 Å². The van der Waals surface area contributed by atoms with Crippen molar-refractivity contribution in [3.63, 3.8) is 0 Å². The van der Waals surface area contributed by atoms with E-state index in [1.54, 1.807) is 13.2 Å². The van der Waals surface area contributed by atoms with Crippen LogP contribution in [0.2, 0.25) is 0 Å². The number of aromatic amines is 1. The number of carbonyl (C=O) groups is 1. The van der Waals surface area contributed by atoms with Gasteiger partial charge in [-0.2, -0.15) is 0 Å². The molecule has 0 saturated heterocycles. The summed E-state index contributed by atoms with van der Waals surface area (Å²) in [6.07, 6.45) is 2.33. The monoisotopic (exact) mass is 230 g/mol. The predicted octanol–water partition coefficient (Wildman–Crippen LogP) is -0.388. The van der Waals surface area contributed by atoms with Gasteiger partial charge >= 0.3 is 0 Å². The van der Waals surface area contributed by atoms with Crippen LogP contribution in [0.4, 0.5) is 0 Å². The van der Waals surface area contributed by atoms with Crippen LogP contribution in [-0.4, -0.2) is 43.9 Å². The number of hydrogen-bond acceptors (Lipinski definition) is 4. The first-order valence-corrected chi connectivity index (χ1v) is 6.29. The van der Waals surface area contributed by atoms with Crippen molar-refractivity contribution >= 4 is 16.7 Å². The Morgan fingerprint density at radius 3 is 2.87 bits per heavy atom. The maximum absolute atomic E-state index is 11.4. The van der Waals surface area contributed by atoms with Crippen LogP contribution < -0.4 is 5.32 Å². The fourth-order valence-corrected chi connectivity index (χ4v) is 1.55. The summed E-state index contributed by atoms with van der Waals surface area (Å²) in [5, 5.41) is 8.96. The van der Waals surface area contributed by atoms with Gasteiger partial charge in [0.1, 0.15) is 5.82 Å². The van der Waals surface area contributed by atoms with E-state index in [2.05, 4.69) is 20.5 Å². The molecular formula is C8H14N4O2S. The van der Waals surface area contributed by atoms with Gasteiger partial charge in [-0.25, -0.2) is 4.98 Å². The molecule has 84 valence electrons. The lowest BCUT2D eigenvalue weighted by Gasteiger charge is -2.00. The third kappa shape index (κ3) is 4.20. The summed E-state index contributed by atoms with van der Waals surface area (Å²) in [6, 6.07) is 0. The van der Waals surface area contributed by atoms with Gasteiger partial charge in [-0.3, -0.25) is 14.1 Å². The van der Waals surface area contributed by atoms with Crippen LogP contribution in [0.3, 0.4) is 0 Å². The molecule has 1 aromatic rings. The minimum atomic E-state index is -0.809. The van der Waals surface area contributed by atoms with E-state index in [9.17, 15) is 9.00 Å². The molecule has 15 heavy (non-hydrogen) atoms. The van der Waals surface area contributed by atoms with Crippen molar-refractivity contribution < 1.29 is 9.00 Å². The summed E-state index contributed by atoms with van der Waals surface area (Å²) in [5.74, 6) is 1.04. The maximum Gasteiger partial charge on any atom is 0.290 e. The van der Waals surface area contributed by atoms with Gasteiger partial charge in [0.2, 0.25) is 5.82 Å². The highest BCUT2D eigenvalue weighted by Crippen LogP contribution is 1.90. The second-order valence-electron chi connectivity index (χ2n) is 3.13. The Kier molecular flexibility index (Phi) is 4.41. The van der Waals surface area contributed by atoms with Crippen molar-refractivity contribution in [1.29, 1.82) is 0 Å². The molecule has 0 aliphatic rings. The smallest absolute Gasteiger partial charge is 0.290 e. The topological polar surface area (TPSA) is 87.7 Å². The Labute approximate surface area is 90.3 Å². The van der Waals surface area contributed by atoms with Crippen molar-refractivity contribution in [3.8, 4) is 0 Å². The molecule has 1 rings (SSSR count). The minimum absolute atomic E-state index is 0.144. The van der Waals surface area contributed by atoms with E-state index in [1.807, 2.05) is 0 Å². The summed E-state index contributed by atoms with van der Waals surface area (Å²) < 4.78 is 10.7. The first-order chi connectivity index (χ1) is 7.09. The molecule has 1 unspecified atom stereocenters. The SMILES string of the molecule is Cc1nc(C(=O)NCCCS(C)=O)n[nH]1. The molecule has 0 aliphatic carbocycles. The number of nitrogens with one attached hydrogen (secondary N) is 2. The summed E-state index contributed by atoms with van der Waals surface area (Å²) >= 11 is 0. The van der Waals surface area contributed by atoms with Gasteiger partial charge in [0.25, 0.3) is 5.91 Å². The van der Waals surface area contributed by atoms with E-state index in [0.29, 0.717) is 24.5 Å². The first kappa shape index (κ1) is 11.8. The zero-order chi connectivity index (χ0) is 11.3. The van der Waals surface area contributed by atoms with E-state index in [-0.39, 0.29) is 11.7 Å². The molecule has 0 radical (unpaired) electrons. The third-order valence-electron chi connectivity index (χ3n) is 1.69. The number of nitrogens with zero attached hydrogens (tertiary/aromatic N) is 2. The summed E-state index contributed by atoms with van der Waals surface area (Å²) in [6.45, 7) is 2.22. The van der Waals surface area contributed by atoms with E-state index in [0.717, 1.165) is 0 Å². The number of amides is 1. The standard InChI is InChI=1S/C8H14N4O2S/c1-6-10-7(12-11-6)8(13)9-4-3-5-15(2)14/h3-5H2,1-2H3,(H,9,13)(H,10,11,12). The lowest BCUT2D eigenvalue weighted by atomic mass is 10.4. The lowest BCUT2D eigenvalue weighted by molar-refractivity contribution is 0.0943. The molecule has 7 heteroatoms. The molecule has 0 aliphatic heterocycles. The van der Waals surface area contributed by atoms with Gasteiger partial charge in [0.15, 0.2) is 0 Å². The molecule has 1 amide bonds. The number of aromatic nitrogens is 3. The Morgan fingerprint density at radius 1 is 1.60 bits per heavy atom. The van der Waals surface area contributed by atoms with Crippen LogP contribution in [0, 0.1) is 6.92 Å². The van der Waals surface area contributed by atoms with Gasteiger partial charge in [-0.05, 0) is 13.3 Å². The van der Waals surface area contributed by atoms with Gasteiger partial charge in [-0.15, -0.1) is 5.10 Å². The van der Waals surface area contributed by atoms with Crippen molar-refractivity contribution in [1.82, 2.24) is 20.5 Å². The van der Waals surface area contributed by atoms with Gasteiger partial charge in [0.05, 0.1) is 0 Å². The highest BCUT2D eigenvalue weighted by Gasteiger charge is 2.09. The van der Waals surface area contributed by atoms with Crippen molar-refractivity contribution in [3.05, 3.63) is 11.6 Å².